The SMILES string of the molecule is Cc1ncc(CNc2cc(C)c(O)cc2C)s1. The van der Waals surface area contributed by atoms with Crippen LogP contribution in [-0.2, 0) is 6.54 Å². The van der Waals surface area contributed by atoms with Gasteiger partial charge in [-0.1, -0.05) is 0 Å². The Kier molecular flexibility index (Phi) is 3.33. The molecular formula is C13H16N2OS. The van der Waals surface area contributed by atoms with E-state index in [0.717, 1.165) is 28.4 Å². The van der Waals surface area contributed by atoms with E-state index in [1.165, 1.54) is 4.88 Å². The predicted octanol–water partition coefficient (Wildman–Crippen LogP) is 3.39. The first-order chi connectivity index (χ1) is 8.06. The van der Waals surface area contributed by atoms with E-state index in [0.29, 0.717) is 5.75 Å². The molecule has 0 bridgehead atoms. The van der Waals surface area contributed by atoms with Crippen molar-refractivity contribution < 1.29 is 5.11 Å². The molecule has 0 aliphatic heterocycles. The Morgan fingerprint density at radius 1 is 1.24 bits per heavy atom. The molecule has 1 heterocycles. The number of anilines is 1. The summed E-state index contributed by atoms with van der Waals surface area (Å²) in [6, 6.07) is 3.76. The number of aromatic nitrogens is 1. The van der Waals surface area contributed by atoms with Crippen LogP contribution in [0.2, 0.25) is 0 Å². The molecule has 2 aromatic rings. The van der Waals surface area contributed by atoms with Crippen LogP contribution in [0.25, 0.3) is 0 Å². The van der Waals surface area contributed by atoms with E-state index in [2.05, 4.69) is 10.3 Å². The number of nitrogens with one attached hydrogen (secondary N) is 1. The van der Waals surface area contributed by atoms with Gasteiger partial charge in [0.15, 0.2) is 0 Å². The number of aromatic hydroxyl groups is 1. The number of phenolic OH excluding ortho intramolecular Hbond substituents is 1. The number of aryl methyl sites for hydroxylation is 3. The predicted molar refractivity (Wildman–Crippen MR) is 71.8 cm³/mol. The summed E-state index contributed by atoms with van der Waals surface area (Å²) in [5, 5.41) is 14.0. The van der Waals surface area contributed by atoms with Crippen LogP contribution >= 0.6 is 11.3 Å². The molecule has 0 aliphatic rings. The molecule has 0 amide bonds. The van der Waals surface area contributed by atoms with Gasteiger partial charge in [0.05, 0.1) is 11.6 Å². The summed E-state index contributed by atoms with van der Waals surface area (Å²) in [4.78, 5) is 5.44. The molecule has 0 spiro atoms. The maximum atomic E-state index is 9.58. The minimum atomic E-state index is 0.349. The summed E-state index contributed by atoms with van der Waals surface area (Å²) in [5.41, 5.74) is 3.00. The lowest BCUT2D eigenvalue weighted by Crippen LogP contribution is -1.99. The van der Waals surface area contributed by atoms with Crippen molar-refractivity contribution in [1.82, 2.24) is 4.98 Å². The van der Waals surface area contributed by atoms with Crippen LogP contribution in [0, 0.1) is 20.8 Å². The number of nitrogens with zero attached hydrogens (tertiary/aromatic N) is 1. The van der Waals surface area contributed by atoms with Crippen molar-refractivity contribution in [2.24, 2.45) is 0 Å². The lowest BCUT2D eigenvalue weighted by Gasteiger charge is -2.10. The molecule has 2 rings (SSSR count). The molecule has 0 saturated heterocycles. The lowest BCUT2D eigenvalue weighted by molar-refractivity contribution is 0.471. The average molecular weight is 248 g/mol. The van der Waals surface area contributed by atoms with Crippen LogP contribution in [0.3, 0.4) is 0 Å². The Hall–Kier alpha value is -1.55. The Balaban J connectivity index is 2.11. The number of phenols is 1. The maximum Gasteiger partial charge on any atom is 0.118 e. The first kappa shape index (κ1) is 11.9. The van der Waals surface area contributed by atoms with Crippen molar-refractivity contribution >= 4 is 17.0 Å². The second-order valence-corrected chi connectivity index (χ2v) is 5.47. The molecule has 4 heteroatoms. The topological polar surface area (TPSA) is 45.2 Å². The van der Waals surface area contributed by atoms with Crippen LogP contribution in [0.1, 0.15) is 21.0 Å². The minimum absolute atomic E-state index is 0.349. The normalized spacial score (nSPS) is 10.5. The highest BCUT2D eigenvalue weighted by Crippen LogP contribution is 2.25. The van der Waals surface area contributed by atoms with Crippen molar-refractivity contribution in [3.8, 4) is 5.75 Å². The van der Waals surface area contributed by atoms with E-state index in [1.807, 2.05) is 33.0 Å². The van der Waals surface area contributed by atoms with Gasteiger partial charge in [-0.2, -0.15) is 0 Å². The number of hydrogen-bond acceptors (Lipinski definition) is 4. The van der Waals surface area contributed by atoms with Gasteiger partial charge in [-0.05, 0) is 44.0 Å². The summed E-state index contributed by atoms with van der Waals surface area (Å²) in [6.07, 6.45) is 1.90. The molecule has 2 N–H and O–H groups in total. The zero-order valence-electron chi connectivity index (χ0n) is 10.2. The number of benzene rings is 1. The molecule has 0 fully saturated rings. The third-order valence-corrected chi connectivity index (χ3v) is 3.58. The van der Waals surface area contributed by atoms with Crippen LogP contribution < -0.4 is 5.32 Å². The second-order valence-electron chi connectivity index (χ2n) is 4.15. The smallest absolute Gasteiger partial charge is 0.118 e. The van der Waals surface area contributed by atoms with Crippen molar-refractivity contribution in [2.75, 3.05) is 5.32 Å². The van der Waals surface area contributed by atoms with Crippen LogP contribution in [-0.4, -0.2) is 10.1 Å². The fourth-order valence-corrected chi connectivity index (χ4v) is 2.40. The third-order valence-electron chi connectivity index (χ3n) is 2.67. The van der Waals surface area contributed by atoms with E-state index in [-0.39, 0.29) is 0 Å². The van der Waals surface area contributed by atoms with E-state index in [4.69, 9.17) is 0 Å². The van der Waals surface area contributed by atoms with Gasteiger partial charge in [-0.25, -0.2) is 4.98 Å². The van der Waals surface area contributed by atoms with Gasteiger partial charge in [-0.3, -0.25) is 0 Å². The van der Waals surface area contributed by atoms with Gasteiger partial charge in [-0.15, -0.1) is 11.3 Å². The van der Waals surface area contributed by atoms with Crippen molar-refractivity contribution in [2.45, 2.75) is 27.3 Å². The van der Waals surface area contributed by atoms with Crippen molar-refractivity contribution in [1.29, 1.82) is 0 Å². The van der Waals surface area contributed by atoms with Crippen molar-refractivity contribution in [3.63, 3.8) is 0 Å². The molecule has 1 aromatic carbocycles. The molecule has 0 radical (unpaired) electrons. The molecule has 0 saturated carbocycles. The Labute approximate surface area is 105 Å². The Morgan fingerprint density at radius 2 is 2.00 bits per heavy atom. The molecule has 90 valence electrons. The molecule has 0 atom stereocenters. The highest BCUT2D eigenvalue weighted by atomic mass is 32.1. The zero-order valence-corrected chi connectivity index (χ0v) is 11.1. The molecular weight excluding hydrogens is 232 g/mol. The Morgan fingerprint density at radius 3 is 2.65 bits per heavy atom. The monoisotopic (exact) mass is 248 g/mol. The summed E-state index contributed by atoms with van der Waals surface area (Å²) in [7, 11) is 0. The van der Waals surface area contributed by atoms with Gasteiger partial charge in [0.2, 0.25) is 0 Å². The quantitative estimate of drug-likeness (QED) is 0.818. The van der Waals surface area contributed by atoms with Crippen LogP contribution in [0.15, 0.2) is 18.3 Å². The highest BCUT2D eigenvalue weighted by molar-refractivity contribution is 7.11. The number of rotatable bonds is 3. The molecule has 0 unspecified atom stereocenters. The zero-order chi connectivity index (χ0) is 12.4. The van der Waals surface area contributed by atoms with Gasteiger partial charge < -0.3 is 10.4 Å². The van der Waals surface area contributed by atoms with E-state index < -0.39 is 0 Å². The maximum absolute atomic E-state index is 9.58. The van der Waals surface area contributed by atoms with Crippen LogP contribution in [0.5, 0.6) is 5.75 Å². The standard InChI is InChI=1S/C13H16N2OS/c1-8-5-13(16)9(2)4-12(8)15-7-11-6-14-10(3)17-11/h4-6,15-16H,7H2,1-3H3. The summed E-state index contributed by atoms with van der Waals surface area (Å²) in [5.74, 6) is 0.349. The first-order valence-electron chi connectivity index (χ1n) is 5.51. The molecule has 17 heavy (non-hydrogen) atoms. The second kappa shape index (κ2) is 4.75. The van der Waals surface area contributed by atoms with Crippen LogP contribution in [0.4, 0.5) is 5.69 Å². The van der Waals surface area contributed by atoms with Gasteiger partial charge in [0.1, 0.15) is 5.75 Å². The largest absolute Gasteiger partial charge is 0.508 e. The Bertz CT molecular complexity index is 534. The van der Waals surface area contributed by atoms with E-state index in [1.54, 1.807) is 17.4 Å². The number of hydrogen-bond donors (Lipinski definition) is 2. The highest BCUT2D eigenvalue weighted by Gasteiger charge is 2.04. The summed E-state index contributed by atoms with van der Waals surface area (Å²) in [6.45, 7) is 6.66. The molecule has 0 aliphatic carbocycles. The molecule has 1 aromatic heterocycles. The number of thiazole rings is 1. The fourth-order valence-electron chi connectivity index (χ4n) is 1.66. The third kappa shape index (κ3) is 2.77. The summed E-state index contributed by atoms with van der Waals surface area (Å²) < 4.78 is 0. The minimum Gasteiger partial charge on any atom is -0.508 e. The van der Waals surface area contributed by atoms with Gasteiger partial charge in [0, 0.05) is 16.8 Å². The van der Waals surface area contributed by atoms with Gasteiger partial charge >= 0.3 is 0 Å². The van der Waals surface area contributed by atoms with E-state index in [9.17, 15) is 5.11 Å². The fraction of sp³-hybridized carbons (Fsp3) is 0.308. The van der Waals surface area contributed by atoms with E-state index >= 15 is 0 Å². The molecule has 3 nitrogen and oxygen atoms in total. The first-order valence-corrected chi connectivity index (χ1v) is 6.33. The lowest BCUT2D eigenvalue weighted by atomic mass is 10.1. The van der Waals surface area contributed by atoms with Gasteiger partial charge in [0.25, 0.3) is 0 Å². The average Bonchev–Trinajstić information content (AvgIpc) is 2.68. The summed E-state index contributed by atoms with van der Waals surface area (Å²) >= 11 is 1.70. The van der Waals surface area contributed by atoms with Crippen molar-refractivity contribution in [3.05, 3.63) is 39.3 Å².